The summed E-state index contributed by atoms with van der Waals surface area (Å²) < 4.78 is 5.68. The fourth-order valence-corrected chi connectivity index (χ4v) is 1.97. The largest absolute Gasteiger partial charge is 0.459 e. The summed E-state index contributed by atoms with van der Waals surface area (Å²) in [5, 5.41) is 1.59. The van der Waals surface area contributed by atoms with Crippen LogP contribution in [0.1, 0.15) is 17.6 Å². The molecule has 5 heteroatoms. The second-order valence-corrected chi connectivity index (χ2v) is 4.35. The number of hydrogen-bond donors (Lipinski definition) is 1. The number of nitrogens with zero attached hydrogens (tertiary/aromatic N) is 2. The summed E-state index contributed by atoms with van der Waals surface area (Å²) in [5.41, 5.74) is 6.82. The number of halogens is 1. The van der Waals surface area contributed by atoms with Gasteiger partial charge in [-0.1, -0.05) is 11.6 Å². The van der Waals surface area contributed by atoms with Crippen molar-refractivity contribution in [2.45, 2.75) is 6.04 Å². The molecule has 0 radical (unpaired) electrons. The molecular weight excluding hydrogens is 250 g/mol. The van der Waals surface area contributed by atoms with Crippen molar-refractivity contribution in [2.75, 3.05) is 0 Å². The van der Waals surface area contributed by atoms with Gasteiger partial charge in [0.25, 0.3) is 0 Å². The van der Waals surface area contributed by atoms with E-state index in [4.69, 9.17) is 21.8 Å². The highest BCUT2D eigenvalue weighted by molar-refractivity contribution is 6.31. The third-order valence-corrected chi connectivity index (χ3v) is 2.90. The van der Waals surface area contributed by atoms with Crippen molar-refractivity contribution in [3.8, 4) is 0 Å². The molecule has 90 valence electrons. The molecule has 2 N–H and O–H groups in total. The fraction of sp³-hybridized carbons (Fsp3) is 0.0769. The van der Waals surface area contributed by atoms with Gasteiger partial charge in [-0.2, -0.15) is 0 Å². The van der Waals surface area contributed by atoms with Gasteiger partial charge in [0.15, 0.2) is 5.82 Å². The lowest BCUT2D eigenvalue weighted by atomic mass is 10.2. The predicted molar refractivity (Wildman–Crippen MR) is 69.3 cm³/mol. The lowest BCUT2D eigenvalue weighted by Gasteiger charge is -2.05. The number of aromatic nitrogens is 2. The van der Waals surface area contributed by atoms with E-state index in [1.54, 1.807) is 24.5 Å². The summed E-state index contributed by atoms with van der Waals surface area (Å²) in [4.78, 5) is 8.24. The SMILES string of the molecule is NC(c1ncccn1)c1cc2cc(Cl)ccc2o1. The Morgan fingerprint density at radius 2 is 1.94 bits per heavy atom. The number of hydrogen-bond acceptors (Lipinski definition) is 4. The van der Waals surface area contributed by atoms with Gasteiger partial charge in [0, 0.05) is 22.8 Å². The van der Waals surface area contributed by atoms with Crippen molar-refractivity contribution in [3.63, 3.8) is 0 Å². The van der Waals surface area contributed by atoms with Crippen molar-refractivity contribution in [1.29, 1.82) is 0 Å². The Labute approximate surface area is 108 Å². The molecule has 0 amide bonds. The number of fused-ring (bicyclic) bond motifs is 1. The fourth-order valence-electron chi connectivity index (χ4n) is 1.79. The normalized spacial score (nSPS) is 12.8. The Morgan fingerprint density at radius 1 is 1.17 bits per heavy atom. The van der Waals surface area contributed by atoms with Crippen LogP contribution in [0.3, 0.4) is 0 Å². The first kappa shape index (κ1) is 11.2. The van der Waals surface area contributed by atoms with E-state index in [-0.39, 0.29) is 0 Å². The van der Waals surface area contributed by atoms with E-state index >= 15 is 0 Å². The van der Waals surface area contributed by atoms with Crippen molar-refractivity contribution >= 4 is 22.6 Å². The topological polar surface area (TPSA) is 64.9 Å². The summed E-state index contributed by atoms with van der Waals surface area (Å²) in [6.45, 7) is 0. The van der Waals surface area contributed by atoms with E-state index in [9.17, 15) is 0 Å². The highest BCUT2D eigenvalue weighted by Gasteiger charge is 2.16. The summed E-state index contributed by atoms with van der Waals surface area (Å²) in [5.74, 6) is 1.15. The molecular formula is C13H10ClN3O. The van der Waals surface area contributed by atoms with E-state index in [1.807, 2.05) is 18.2 Å². The van der Waals surface area contributed by atoms with Crippen LogP contribution < -0.4 is 5.73 Å². The highest BCUT2D eigenvalue weighted by atomic mass is 35.5. The highest BCUT2D eigenvalue weighted by Crippen LogP contribution is 2.27. The Bertz CT molecular complexity index is 681. The zero-order valence-corrected chi connectivity index (χ0v) is 10.1. The van der Waals surface area contributed by atoms with Crippen LogP contribution in [-0.2, 0) is 0 Å². The van der Waals surface area contributed by atoms with Gasteiger partial charge in [-0.25, -0.2) is 9.97 Å². The first-order valence-electron chi connectivity index (χ1n) is 5.45. The van der Waals surface area contributed by atoms with E-state index in [0.29, 0.717) is 16.6 Å². The van der Waals surface area contributed by atoms with Crippen LogP contribution in [0.5, 0.6) is 0 Å². The van der Waals surface area contributed by atoms with E-state index in [0.717, 1.165) is 11.0 Å². The third kappa shape index (κ3) is 1.96. The van der Waals surface area contributed by atoms with E-state index in [2.05, 4.69) is 9.97 Å². The first-order chi connectivity index (χ1) is 8.74. The number of nitrogens with two attached hydrogens (primary N) is 1. The number of rotatable bonds is 2. The monoisotopic (exact) mass is 259 g/mol. The average Bonchev–Trinajstić information content (AvgIpc) is 2.81. The molecule has 3 aromatic rings. The maximum absolute atomic E-state index is 6.07. The van der Waals surface area contributed by atoms with Crippen LogP contribution >= 0.6 is 11.6 Å². The second-order valence-electron chi connectivity index (χ2n) is 3.92. The molecule has 1 unspecified atom stereocenters. The van der Waals surface area contributed by atoms with Gasteiger partial charge < -0.3 is 10.2 Å². The molecule has 0 aliphatic rings. The molecule has 0 spiro atoms. The van der Waals surface area contributed by atoms with Crippen LogP contribution in [0.15, 0.2) is 47.1 Å². The molecule has 0 fully saturated rings. The van der Waals surface area contributed by atoms with Crippen LogP contribution in [0.2, 0.25) is 5.02 Å². The molecule has 1 atom stereocenters. The van der Waals surface area contributed by atoms with Gasteiger partial charge in [-0.3, -0.25) is 0 Å². The Balaban J connectivity index is 2.04. The molecule has 1 aromatic carbocycles. The van der Waals surface area contributed by atoms with Crippen LogP contribution in [-0.4, -0.2) is 9.97 Å². The molecule has 2 heterocycles. The summed E-state index contributed by atoms with van der Waals surface area (Å²) >= 11 is 5.93. The lowest BCUT2D eigenvalue weighted by Crippen LogP contribution is -2.14. The Hall–Kier alpha value is -1.91. The molecule has 3 rings (SSSR count). The average molecular weight is 260 g/mol. The Kier molecular flexibility index (Phi) is 2.74. The predicted octanol–water partition coefficient (Wildman–Crippen LogP) is 2.92. The molecule has 0 saturated carbocycles. The first-order valence-corrected chi connectivity index (χ1v) is 5.83. The van der Waals surface area contributed by atoms with Crippen LogP contribution in [0.4, 0.5) is 0 Å². The third-order valence-electron chi connectivity index (χ3n) is 2.67. The number of benzene rings is 1. The van der Waals surface area contributed by atoms with Gasteiger partial charge in [-0.15, -0.1) is 0 Å². The Morgan fingerprint density at radius 3 is 2.72 bits per heavy atom. The molecule has 0 bridgehead atoms. The lowest BCUT2D eigenvalue weighted by molar-refractivity contribution is 0.515. The van der Waals surface area contributed by atoms with Gasteiger partial charge in [-0.05, 0) is 30.3 Å². The zero-order valence-electron chi connectivity index (χ0n) is 9.38. The van der Waals surface area contributed by atoms with Gasteiger partial charge in [0.05, 0.1) is 0 Å². The minimum absolute atomic E-state index is 0.475. The molecule has 0 saturated heterocycles. The quantitative estimate of drug-likeness (QED) is 0.768. The van der Waals surface area contributed by atoms with Crippen molar-refractivity contribution in [3.05, 3.63) is 59.3 Å². The number of furan rings is 1. The van der Waals surface area contributed by atoms with E-state index in [1.165, 1.54) is 0 Å². The van der Waals surface area contributed by atoms with Crippen molar-refractivity contribution < 1.29 is 4.42 Å². The summed E-state index contributed by atoms with van der Waals surface area (Å²) in [6.07, 6.45) is 3.31. The molecule has 0 aliphatic carbocycles. The minimum Gasteiger partial charge on any atom is -0.459 e. The smallest absolute Gasteiger partial charge is 0.152 e. The summed E-state index contributed by atoms with van der Waals surface area (Å²) in [6, 6.07) is 8.57. The minimum atomic E-state index is -0.475. The molecule has 0 aliphatic heterocycles. The summed E-state index contributed by atoms with van der Waals surface area (Å²) in [7, 11) is 0. The second kappa shape index (κ2) is 4.40. The maximum Gasteiger partial charge on any atom is 0.152 e. The van der Waals surface area contributed by atoms with Gasteiger partial charge in [0.1, 0.15) is 17.4 Å². The van der Waals surface area contributed by atoms with Crippen LogP contribution in [0, 0.1) is 0 Å². The standard InChI is InChI=1S/C13H10ClN3O/c14-9-2-3-10-8(6-9)7-11(18-10)12(15)13-16-4-1-5-17-13/h1-7,12H,15H2. The van der Waals surface area contributed by atoms with Crippen molar-refractivity contribution in [2.24, 2.45) is 5.73 Å². The maximum atomic E-state index is 6.07. The molecule has 4 nitrogen and oxygen atoms in total. The molecule has 2 aromatic heterocycles. The van der Waals surface area contributed by atoms with Gasteiger partial charge in [0.2, 0.25) is 0 Å². The van der Waals surface area contributed by atoms with Crippen molar-refractivity contribution in [1.82, 2.24) is 9.97 Å². The van der Waals surface area contributed by atoms with Crippen LogP contribution in [0.25, 0.3) is 11.0 Å². The van der Waals surface area contributed by atoms with E-state index < -0.39 is 6.04 Å². The molecule has 18 heavy (non-hydrogen) atoms. The van der Waals surface area contributed by atoms with Gasteiger partial charge >= 0.3 is 0 Å². The zero-order chi connectivity index (χ0) is 12.5.